The SMILES string of the molecule is CC(C)C(=O)N1CCCC(C(=O)NOCC(F)(F)F)C1. The lowest BCUT2D eigenvalue weighted by atomic mass is 9.96. The number of carbonyl (C=O) groups is 2. The summed E-state index contributed by atoms with van der Waals surface area (Å²) >= 11 is 0. The van der Waals surface area contributed by atoms with Gasteiger partial charge in [-0.15, -0.1) is 0 Å². The van der Waals surface area contributed by atoms with Crippen LogP contribution in [0.3, 0.4) is 0 Å². The molecule has 1 saturated heterocycles. The molecule has 0 aromatic rings. The second-order valence-electron chi connectivity index (χ2n) is 5.15. The van der Waals surface area contributed by atoms with Crippen LogP contribution in [0.25, 0.3) is 0 Å². The number of piperidine rings is 1. The molecule has 0 aromatic heterocycles. The summed E-state index contributed by atoms with van der Waals surface area (Å²) in [5.41, 5.74) is 1.80. The first kappa shape index (κ1) is 16.7. The van der Waals surface area contributed by atoms with Crippen molar-refractivity contribution < 1.29 is 27.6 Å². The van der Waals surface area contributed by atoms with Crippen LogP contribution < -0.4 is 5.48 Å². The maximum Gasteiger partial charge on any atom is 0.414 e. The summed E-state index contributed by atoms with van der Waals surface area (Å²) in [7, 11) is 0. The summed E-state index contributed by atoms with van der Waals surface area (Å²) in [4.78, 5) is 29.2. The smallest absolute Gasteiger partial charge is 0.342 e. The Balaban J connectivity index is 2.42. The molecule has 0 aromatic carbocycles. The molecule has 1 atom stereocenters. The summed E-state index contributed by atoms with van der Waals surface area (Å²) in [6.07, 6.45) is -3.31. The number of carbonyl (C=O) groups excluding carboxylic acids is 2. The molecule has 1 aliphatic rings. The number of likely N-dealkylation sites (tertiary alicyclic amines) is 1. The summed E-state index contributed by atoms with van der Waals surface area (Å²) in [5, 5.41) is 0. The predicted octanol–water partition coefficient (Wildman–Crippen LogP) is 1.49. The molecule has 5 nitrogen and oxygen atoms in total. The van der Waals surface area contributed by atoms with Gasteiger partial charge in [0.15, 0.2) is 6.61 Å². The summed E-state index contributed by atoms with van der Waals surface area (Å²) in [6.45, 7) is 2.79. The number of amides is 2. The lowest BCUT2D eigenvalue weighted by Gasteiger charge is -2.33. The zero-order chi connectivity index (χ0) is 15.3. The number of nitrogens with zero attached hydrogens (tertiary/aromatic N) is 1. The fourth-order valence-corrected chi connectivity index (χ4v) is 2.03. The Morgan fingerprint density at radius 1 is 1.40 bits per heavy atom. The second-order valence-corrected chi connectivity index (χ2v) is 5.15. The third-order valence-electron chi connectivity index (χ3n) is 3.01. The van der Waals surface area contributed by atoms with Gasteiger partial charge in [-0.2, -0.15) is 13.2 Å². The fraction of sp³-hybridized carbons (Fsp3) is 0.833. The van der Waals surface area contributed by atoms with Crippen molar-refractivity contribution in [3.63, 3.8) is 0 Å². The molecular weight excluding hydrogens is 277 g/mol. The van der Waals surface area contributed by atoms with Crippen molar-refractivity contribution in [2.24, 2.45) is 11.8 Å². The van der Waals surface area contributed by atoms with E-state index in [0.717, 1.165) is 0 Å². The Hall–Kier alpha value is -1.31. The number of hydrogen-bond donors (Lipinski definition) is 1. The van der Waals surface area contributed by atoms with Gasteiger partial charge in [0, 0.05) is 19.0 Å². The van der Waals surface area contributed by atoms with Crippen LogP contribution in [0.15, 0.2) is 0 Å². The van der Waals surface area contributed by atoms with Crippen molar-refractivity contribution in [3.8, 4) is 0 Å². The Labute approximate surface area is 115 Å². The first-order valence-electron chi connectivity index (χ1n) is 6.48. The highest BCUT2D eigenvalue weighted by Gasteiger charge is 2.31. The van der Waals surface area contributed by atoms with Crippen LogP contribution in [0, 0.1) is 11.8 Å². The van der Waals surface area contributed by atoms with Gasteiger partial charge in [0.1, 0.15) is 0 Å². The van der Waals surface area contributed by atoms with Crippen molar-refractivity contribution in [2.75, 3.05) is 19.7 Å². The molecule has 1 aliphatic heterocycles. The van der Waals surface area contributed by atoms with E-state index in [1.807, 2.05) is 0 Å². The van der Waals surface area contributed by atoms with Gasteiger partial charge in [-0.1, -0.05) is 13.8 Å². The van der Waals surface area contributed by atoms with E-state index in [-0.39, 0.29) is 18.4 Å². The summed E-state index contributed by atoms with van der Waals surface area (Å²) in [6, 6.07) is 0. The van der Waals surface area contributed by atoms with Crippen LogP contribution in [-0.4, -0.2) is 42.6 Å². The lowest BCUT2D eigenvalue weighted by Crippen LogP contribution is -2.47. The van der Waals surface area contributed by atoms with Gasteiger partial charge in [0.25, 0.3) is 0 Å². The number of nitrogens with one attached hydrogen (secondary N) is 1. The van der Waals surface area contributed by atoms with Gasteiger partial charge in [-0.25, -0.2) is 5.48 Å². The average Bonchev–Trinajstić information content (AvgIpc) is 2.36. The average molecular weight is 296 g/mol. The molecule has 20 heavy (non-hydrogen) atoms. The Morgan fingerprint density at radius 3 is 2.60 bits per heavy atom. The molecule has 1 N–H and O–H groups in total. The van der Waals surface area contributed by atoms with Crippen molar-refractivity contribution >= 4 is 11.8 Å². The van der Waals surface area contributed by atoms with Crippen molar-refractivity contribution in [1.82, 2.24) is 10.4 Å². The van der Waals surface area contributed by atoms with Crippen LogP contribution in [0.2, 0.25) is 0 Å². The highest BCUT2D eigenvalue weighted by Crippen LogP contribution is 2.19. The van der Waals surface area contributed by atoms with Gasteiger partial charge in [-0.05, 0) is 12.8 Å². The Bertz CT molecular complexity index is 358. The lowest BCUT2D eigenvalue weighted by molar-refractivity contribution is -0.193. The third kappa shape index (κ3) is 5.36. The van der Waals surface area contributed by atoms with Gasteiger partial charge in [-0.3, -0.25) is 14.4 Å². The number of halogens is 3. The third-order valence-corrected chi connectivity index (χ3v) is 3.01. The van der Waals surface area contributed by atoms with E-state index < -0.39 is 24.6 Å². The van der Waals surface area contributed by atoms with Crippen LogP contribution in [0.1, 0.15) is 26.7 Å². The first-order valence-corrected chi connectivity index (χ1v) is 6.48. The quantitative estimate of drug-likeness (QED) is 0.800. The monoisotopic (exact) mass is 296 g/mol. The molecule has 0 saturated carbocycles. The zero-order valence-electron chi connectivity index (χ0n) is 11.5. The normalized spacial score (nSPS) is 20.1. The van der Waals surface area contributed by atoms with Crippen molar-refractivity contribution in [3.05, 3.63) is 0 Å². The number of hydroxylamine groups is 1. The first-order chi connectivity index (χ1) is 9.20. The van der Waals surface area contributed by atoms with Gasteiger partial charge < -0.3 is 4.90 Å². The largest absolute Gasteiger partial charge is 0.414 e. The molecule has 1 rings (SSSR count). The molecule has 116 valence electrons. The van der Waals surface area contributed by atoms with E-state index in [9.17, 15) is 22.8 Å². The van der Waals surface area contributed by atoms with Crippen LogP contribution in [0.5, 0.6) is 0 Å². The van der Waals surface area contributed by atoms with E-state index >= 15 is 0 Å². The fourth-order valence-electron chi connectivity index (χ4n) is 2.03. The van der Waals surface area contributed by atoms with E-state index in [1.165, 1.54) is 0 Å². The molecule has 1 fully saturated rings. The minimum Gasteiger partial charge on any atom is -0.342 e. The van der Waals surface area contributed by atoms with E-state index in [2.05, 4.69) is 4.84 Å². The minimum atomic E-state index is -4.49. The molecular formula is C12H19F3N2O3. The molecule has 0 radical (unpaired) electrons. The Kier molecular flexibility index (Phi) is 5.79. The second kappa shape index (κ2) is 6.92. The van der Waals surface area contributed by atoms with Gasteiger partial charge in [0.05, 0.1) is 5.92 Å². The molecule has 1 unspecified atom stereocenters. The number of hydrogen-bond acceptors (Lipinski definition) is 3. The molecule has 2 amide bonds. The molecule has 1 heterocycles. The van der Waals surface area contributed by atoms with Gasteiger partial charge in [0.2, 0.25) is 11.8 Å². The standard InChI is InChI=1S/C12H19F3N2O3/c1-8(2)11(19)17-5-3-4-9(6-17)10(18)16-20-7-12(13,14)15/h8-9H,3-7H2,1-2H3,(H,16,18). The van der Waals surface area contributed by atoms with E-state index in [0.29, 0.717) is 19.4 Å². The maximum absolute atomic E-state index is 11.9. The molecule has 8 heteroatoms. The minimum absolute atomic E-state index is 0.0568. The van der Waals surface area contributed by atoms with Crippen molar-refractivity contribution in [2.45, 2.75) is 32.9 Å². The summed E-state index contributed by atoms with van der Waals surface area (Å²) in [5.74, 6) is -1.37. The zero-order valence-corrected chi connectivity index (χ0v) is 11.5. The van der Waals surface area contributed by atoms with Crippen molar-refractivity contribution in [1.29, 1.82) is 0 Å². The maximum atomic E-state index is 11.9. The topological polar surface area (TPSA) is 58.6 Å². The van der Waals surface area contributed by atoms with Crippen LogP contribution in [0.4, 0.5) is 13.2 Å². The molecule has 0 spiro atoms. The van der Waals surface area contributed by atoms with Crippen LogP contribution in [-0.2, 0) is 14.4 Å². The number of alkyl halides is 3. The van der Waals surface area contributed by atoms with Crippen LogP contribution >= 0.6 is 0 Å². The summed E-state index contributed by atoms with van der Waals surface area (Å²) < 4.78 is 35.6. The highest BCUT2D eigenvalue weighted by molar-refractivity contribution is 5.81. The predicted molar refractivity (Wildman–Crippen MR) is 64.3 cm³/mol. The highest BCUT2D eigenvalue weighted by atomic mass is 19.4. The Morgan fingerprint density at radius 2 is 2.05 bits per heavy atom. The number of rotatable bonds is 4. The molecule has 0 bridgehead atoms. The van der Waals surface area contributed by atoms with Gasteiger partial charge >= 0.3 is 6.18 Å². The van der Waals surface area contributed by atoms with E-state index in [1.54, 1.807) is 24.2 Å². The van der Waals surface area contributed by atoms with E-state index in [4.69, 9.17) is 0 Å². The molecule has 0 aliphatic carbocycles.